The summed E-state index contributed by atoms with van der Waals surface area (Å²) in [6.45, 7) is 1.53. The predicted molar refractivity (Wildman–Crippen MR) is 114 cm³/mol. The Labute approximate surface area is 174 Å². The molecule has 0 bridgehead atoms. The van der Waals surface area contributed by atoms with E-state index in [-0.39, 0.29) is 0 Å². The number of nitrogens with zero attached hydrogens (tertiary/aromatic N) is 2. The Morgan fingerprint density at radius 1 is 0.828 bits per heavy atom. The van der Waals surface area contributed by atoms with Crippen molar-refractivity contribution in [2.75, 3.05) is 13.7 Å². The van der Waals surface area contributed by atoms with E-state index < -0.39 is 0 Å². The molecule has 0 saturated carbocycles. The lowest BCUT2D eigenvalue weighted by molar-refractivity contribution is 0.272. The van der Waals surface area contributed by atoms with Gasteiger partial charge < -0.3 is 18.8 Å². The maximum absolute atomic E-state index is 5.95. The Morgan fingerprint density at radius 3 is 2.24 bits per heavy atom. The normalized spacial score (nSPS) is 10.8. The number of methoxy groups -OCH3 is 1. The fourth-order valence-corrected chi connectivity index (χ4v) is 3.22. The van der Waals surface area contributed by atoms with Crippen LogP contribution >= 0.6 is 11.6 Å². The molecule has 4 aromatic rings. The predicted octanol–water partition coefficient (Wildman–Crippen LogP) is 5.36. The van der Waals surface area contributed by atoms with E-state index in [0.29, 0.717) is 24.8 Å². The van der Waals surface area contributed by atoms with Gasteiger partial charge in [-0.15, -0.1) is 0 Å². The van der Waals surface area contributed by atoms with Crippen LogP contribution in [0.1, 0.15) is 5.82 Å². The van der Waals surface area contributed by atoms with E-state index in [2.05, 4.69) is 10.6 Å². The molecule has 0 atom stereocenters. The third kappa shape index (κ3) is 4.63. The Bertz CT molecular complexity index is 1080. The van der Waals surface area contributed by atoms with Gasteiger partial charge >= 0.3 is 0 Å². The van der Waals surface area contributed by atoms with Crippen molar-refractivity contribution in [1.29, 1.82) is 0 Å². The average molecular weight is 409 g/mol. The van der Waals surface area contributed by atoms with E-state index in [0.717, 1.165) is 34.1 Å². The van der Waals surface area contributed by atoms with Crippen LogP contribution in [-0.4, -0.2) is 23.3 Å². The van der Waals surface area contributed by atoms with Crippen molar-refractivity contribution in [3.8, 4) is 17.2 Å². The highest BCUT2D eigenvalue weighted by Crippen LogP contribution is 2.21. The molecule has 1 aromatic heterocycles. The number of hydrogen-bond acceptors (Lipinski definition) is 4. The van der Waals surface area contributed by atoms with Crippen LogP contribution in [0.2, 0.25) is 5.02 Å². The van der Waals surface area contributed by atoms with E-state index in [1.54, 1.807) is 7.11 Å². The quantitative estimate of drug-likeness (QED) is 0.394. The second-order valence-electron chi connectivity index (χ2n) is 6.43. The molecule has 148 valence electrons. The summed E-state index contributed by atoms with van der Waals surface area (Å²) < 4.78 is 19.1. The standard InChI is InChI=1S/C23H21ClN2O3/c1-27-18-10-12-20(13-11-18)29-16-23-25-21-4-2-3-5-22(21)26(23)14-15-28-19-8-6-17(24)7-9-19/h2-13H,14-16H2,1H3. The second-order valence-corrected chi connectivity index (χ2v) is 6.87. The lowest BCUT2D eigenvalue weighted by Gasteiger charge is -2.12. The molecular weight excluding hydrogens is 388 g/mol. The summed E-state index contributed by atoms with van der Waals surface area (Å²) in [5, 5.41) is 0.691. The molecule has 0 unspecified atom stereocenters. The van der Waals surface area contributed by atoms with E-state index in [4.69, 9.17) is 30.8 Å². The summed E-state index contributed by atoms with van der Waals surface area (Å²) in [5.41, 5.74) is 1.99. The van der Waals surface area contributed by atoms with Crippen LogP contribution in [-0.2, 0) is 13.2 Å². The Morgan fingerprint density at radius 2 is 1.48 bits per heavy atom. The number of rotatable bonds is 8. The minimum absolute atomic E-state index is 0.363. The SMILES string of the molecule is COc1ccc(OCc2nc3ccccc3n2CCOc2ccc(Cl)cc2)cc1. The molecule has 6 heteroatoms. The van der Waals surface area contributed by atoms with E-state index >= 15 is 0 Å². The maximum Gasteiger partial charge on any atom is 0.148 e. The molecule has 0 amide bonds. The molecule has 0 fully saturated rings. The van der Waals surface area contributed by atoms with Crippen molar-refractivity contribution in [3.63, 3.8) is 0 Å². The third-order valence-electron chi connectivity index (χ3n) is 4.56. The zero-order chi connectivity index (χ0) is 20.1. The van der Waals surface area contributed by atoms with Crippen molar-refractivity contribution in [1.82, 2.24) is 9.55 Å². The summed E-state index contributed by atoms with van der Waals surface area (Å²) in [6, 6.07) is 22.9. The number of aromatic nitrogens is 2. The van der Waals surface area contributed by atoms with Crippen molar-refractivity contribution < 1.29 is 14.2 Å². The first-order valence-corrected chi connectivity index (χ1v) is 9.70. The first kappa shape index (κ1) is 19.2. The summed E-state index contributed by atoms with van der Waals surface area (Å²) in [4.78, 5) is 4.74. The average Bonchev–Trinajstić information content (AvgIpc) is 3.11. The molecule has 0 spiro atoms. The van der Waals surface area contributed by atoms with Gasteiger partial charge in [-0.25, -0.2) is 4.98 Å². The highest BCUT2D eigenvalue weighted by Gasteiger charge is 2.11. The number of ether oxygens (including phenoxy) is 3. The molecule has 5 nitrogen and oxygen atoms in total. The molecular formula is C23H21ClN2O3. The third-order valence-corrected chi connectivity index (χ3v) is 4.81. The minimum atomic E-state index is 0.363. The molecule has 29 heavy (non-hydrogen) atoms. The highest BCUT2D eigenvalue weighted by molar-refractivity contribution is 6.30. The number of para-hydroxylation sites is 2. The monoisotopic (exact) mass is 408 g/mol. The van der Waals surface area contributed by atoms with E-state index in [1.165, 1.54) is 0 Å². The number of benzene rings is 3. The van der Waals surface area contributed by atoms with Gasteiger partial charge in [-0.3, -0.25) is 0 Å². The molecule has 0 aliphatic carbocycles. The van der Waals surface area contributed by atoms with Gasteiger partial charge in [0.2, 0.25) is 0 Å². The largest absolute Gasteiger partial charge is 0.497 e. The van der Waals surface area contributed by atoms with Crippen LogP contribution in [0.25, 0.3) is 11.0 Å². The molecule has 4 rings (SSSR count). The van der Waals surface area contributed by atoms with Crippen LogP contribution < -0.4 is 14.2 Å². The fourth-order valence-electron chi connectivity index (χ4n) is 3.09. The van der Waals surface area contributed by atoms with Gasteiger partial charge in [-0.2, -0.15) is 0 Å². The molecule has 0 aliphatic rings. The van der Waals surface area contributed by atoms with Gasteiger partial charge in [-0.1, -0.05) is 23.7 Å². The number of hydrogen-bond donors (Lipinski definition) is 0. The minimum Gasteiger partial charge on any atom is -0.497 e. The van der Waals surface area contributed by atoms with Crippen molar-refractivity contribution in [2.45, 2.75) is 13.2 Å². The molecule has 1 heterocycles. The van der Waals surface area contributed by atoms with Gasteiger partial charge in [0.05, 0.1) is 24.7 Å². The fraction of sp³-hybridized carbons (Fsp3) is 0.174. The Kier molecular flexibility index (Phi) is 5.86. The Hall–Kier alpha value is -3.18. The number of fused-ring (bicyclic) bond motifs is 1. The van der Waals surface area contributed by atoms with Crippen molar-refractivity contribution in [2.24, 2.45) is 0 Å². The van der Waals surface area contributed by atoms with Crippen LogP contribution in [0.4, 0.5) is 0 Å². The molecule has 0 aliphatic heterocycles. The van der Waals surface area contributed by atoms with E-state index in [9.17, 15) is 0 Å². The number of halogens is 1. The lowest BCUT2D eigenvalue weighted by Crippen LogP contribution is -2.13. The van der Waals surface area contributed by atoms with Gasteiger partial charge in [0.15, 0.2) is 0 Å². The highest BCUT2D eigenvalue weighted by atomic mass is 35.5. The molecule has 0 saturated heterocycles. The van der Waals surface area contributed by atoms with Crippen molar-refractivity contribution >= 4 is 22.6 Å². The van der Waals surface area contributed by atoms with Gasteiger partial charge in [0.25, 0.3) is 0 Å². The summed E-state index contributed by atoms with van der Waals surface area (Å²) >= 11 is 5.93. The van der Waals surface area contributed by atoms with Crippen LogP contribution in [0.15, 0.2) is 72.8 Å². The lowest BCUT2D eigenvalue weighted by atomic mass is 10.3. The summed E-state index contributed by atoms with van der Waals surface area (Å²) in [6.07, 6.45) is 0. The first-order valence-electron chi connectivity index (χ1n) is 9.32. The molecule has 3 aromatic carbocycles. The van der Waals surface area contributed by atoms with Crippen LogP contribution in [0, 0.1) is 0 Å². The van der Waals surface area contributed by atoms with Gasteiger partial charge in [-0.05, 0) is 60.7 Å². The van der Waals surface area contributed by atoms with Crippen LogP contribution in [0.3, 0.4) is 0 Å². The van der Waals surface area contributed by atoms with Crippen molar-refractivity contribution in [3.05, 3.63) is 83.6 Å². The Balaban J connectivity index is 1.48. The zero-order valence-corrected chi connectivity index (χ0v) is 16.8. The van der Waals surface area contributed by atoms with Crippen LogP contribution in [0.5, 0.6) is 17.2 Å². The van der Waals surface area contributed by atoms with Gasteiger partial charge in [0, 0.05) is 5.02 Å². The topological polar surface area (TPSA) is 45.5 Å². The smallest absolute Gasteiger partial charge is 0.148 e. The summed E-state index contributed by atoms with van der Waals surface area (Å²) in [5.74, 6) is 3.20. The maximum atomic E-state index is 5.95. The zero-order valence-electron chi connectivity index (χ0n) is 16.0. The van der Waals surface area contributed by atoms with Gasteiger partial charge in [0.1, 0.15) is 36.3 Å². The number of imidazole rings is 1. The summed E-state index contributed by atoms with van der Waals surface area (Å²) in [7, 11) is 1.64. The molecule has 0 radical (unpaired) electrons. The second kappa shape index (κ2) is 8.88. The van der Waals surface area contributed by atoms with E-state index in [1.807, 2.05) is 66.7 Å². The first-order chi connectivity index (χ1) is 14.2. The molecule has 0 N–H and O–H groups in total.